The minimum absolute atomic E-state index is 0. The summed E-state index contributed by atoms with van der Waals surface area (Å²) in [5, 5.41) is 8.80. The molecule has 0 aliphatic rings. The van der Waals surface area contributed by atoms with Crippen molar-refractivity contribution in [2.24, 2.45) is 0 Å². The van der Waals surface area contributed by atoms with Gasteiger partial charge in [0.05, 0.1) is 13.3 Å². The molecule has 0 amide bonds. The fourth-order valence-corrected chi connectivity index (χ4v) is 0.611. The van der Waals surface area contributed by atoms with Crippen LogP contribution in [-0.4, -0.2) is 23.2 Å². The lowest BCUT2D eigenvalue weighted by Crippen LogP contribution is -2.02. The summed E-state index contributed by atoms with van der Waals surface area (Å²) >= 11 is 0. The number of carbonyl (C=O) groups excluding carboxylic acids is 1. The van der Waals surface area contributed by atoms with Crippen LogP contribution in [0.2, 0.25) is 0 Å². The molecule has 5 heteroatoms. The lowest BCUT2D eigenvalue weighted by molar-refractivity contribution is 0.0594. The molecule has 1 rings (SSSR count). The van der Waals surface area contributed by atoms with E-state index < -0.39 is 5.97 Å². The summed E-state index contributed by atoms with van der Waals surface area (Å²) in [5.41, 5.74) is 0.185. The molecule has 1 heterocycles. The zero-order chi connectivity index (χ0) is 8.27. The molecule has 1 aromatic heterocycles. The normalized spacial score (nSPS) is 8.42. The summed E-state index contributed by atoms with van der Waals surface area (Å²) < 4.78 is 4.39. The van der Waals surface area contributed by atoms with Crippen LogP contribution in [-0.2, 0) is 4.74 Å². The van der Waals surface area contributed by atoms with Crippen LogP contribution in [0.15, 0.2) is 18.3 Å². The highest BCUT2D eigenvalue weighted by Gasteiger charge is 2.04. The number of nitrogens with zero attached hydrogens (tertiary/aromatic N) is 1. The highest BCUT2D eigenvalue weighted by atomic mass is 35.5. The Morgan fingerprint density at radius 3 is 2.67 bits per heavy atom. The predicted molar refractivity (Wildman–Crippen MR) is 44.5 cm³/mol. The van der Waals surface area contributed by atoms with E-state index in [1.807, 2.05) is 0 Å². The number of aromatic hydroxyl groups is 1. The molecule has 0 saturated carbocycles. The van der Waals surface area contributed by atoms with Gasteiger partial charge in [-0.05, 0) is 12.1 Å². The summed E-state index contributed by atoms with van der Waals surface area (Å²) in [6.45, 7) is 0. The fraction of sp³-hybridized carbons (Fsp3) is 0.143. The number of methoxy groups -OCH3 is 1. The van der Waals surface area contributed by atoms with Crippen molar-refractivity contribution in [2.75, 3.05) is 7.11 Å². The Bertz CT molecular complexity index is 260. The minimum Gasteiger partial charge on any atom is -0.506 e. The predicted octanol–water partition coefficient (Wildman–Crippen LogP) is 0.996. The summed E-state index contributed by atoms with van der Waals surface area (Å²) in [5.74, 6) is -0.484. The van der Waals surface area contributed by atoms with E-state index in [1.165, 1.54) is 25.4 Å². The molecule has 0 bridgehead atoms. The van der Waals surface area contributed by atoms with Crippen LogP contribution in [0.25, 0.3) is 0 Å². The molecule has 0 aromatic carbocycles. The molecule has 0 spiro atoms. The van der Waals surface area contributed by atoms with Gasteiger partial charge in [0.25, 0.3) is 0 Å². The summed E-state index contributed by atoms with van der Waals surface area (Å²) in [6, 6.07) is 2.76. The van der Waals surface area contributed by atoms with Crippen molar-refractivity contribution in [3.05, 3.63) is 24.0 Å². The van der Waals surface area contributed by atoms with Crippen LogP contribution in [0.1, 0.15) is 10.5 Å². The maximum absolute atomic E-state index is 10.8. The van der Waals surface area contributed by atoms with Crippen LogP contribution in [0, 0.1) is 0 Å². The largest absolute Gasteiger partial charge is 0.506 e. The average molecular weight is 190 g/mol. The van der Waals surface area contributed by atoms with Gasteiger partial charge in [0.15, 0.2) is 0 Å². The van der Waals surface area contributed by atoms with Gasteiger partial charge in [0.1, 0.15) is 11.4 Å². The van der Waals surface area contributed by atoms with E-state index in [0.29, 0.717) is 0 Å². The molecule has 0 aliphatic heterocycles. The lowest BCUT2D eigenvalue weighted by atomic mass is 10.3. The molecule has 0 radical (unpaired) electrons. The number of esters is 1. The number of ether oxygens (including phenoxy) is 1. The van der Waals surface area contributed by atoms with Crippen LogP contribution >= 0.6 is 12.4 Å². The molecule has 1 aromatic rings. The van der Waals surface area contributed by atoms with Crippen molar-refractivity contribution in [3.8, 4) is 5.75 Å². The number of hydrogen-bond acceptors (Lipinski definition) is 4. The number of aromatic nitrogens is 1. The number of carbonyl (C=O) groups is 1. The Hall–Kier alpha value is -1.29. The molecule has 66 valence electrons. The van der Waals surface area contributed by atoms with E-state index in [2.05, 4.69) is 9.72 Å². The Labute approximate surface area is 75.6 Å². The molecule has 0 fully saturated rings. The Morgan fingerprint density at radius 2 is 2.25 bits per heavy atom. The van der Waals surface area contributed by atoms with Crippen molar-refractivity contribution in [1.29, 1.82) is 0 Å². The topological polar surface area (TPSA) is 59.4 Å². The summed E-state index contributed by atoms with van der Waals surface area (Å²) in [7, 11) is 1.27. The second-order valence-electron chi connectivity index (χ2n) is 1.89. The van der Waals surface area contributed by atoms with Gasteiger partial charge in [-0.3, -0.25) is 0 Å². The third-order valence-electron chi connectivity index (χ3n) is 1.14. The van der Waals surface area contributed by atoms with Gasteiger partial charge in [0.2, 0.25) is 0 Å². The van der Waals surface area contributed by atoms with Gasteiger partial charge < -0.3 is 9.84 Å². The van der Waals surface area contributed by atoms with Crippen molar-refractivity contribution < 1.29 is 14.6 Å². The number of halogens is 1. The third kappa shape index (κ3) is 2.39. The Balaban J connectivity index is 0.00000121. The van der Waals surface area contributed by atoms with Crippen LogP contribution in [0.5, 0.6) is 5.75 Å². The third-order valence-corrected chi connectivity index (χ3v) is 1.14. The van der Waals surface area contributed by atoms with Crippen LogP contribution in [0.3, 0.4) is 0 Å². The number of hydrogen-bond donors (Lipinski definition) is 1. The minimum atomic E-state index is -0.509. The molecule has 0 aliphatic carbocycles. The Kier molecular flexibility index (Phi) is 4.07. The second kappa shape index (κ2) is 4.56. The number of pyridine rings is 1. The highest BCUT2D eigenvalue weighted by Crippen LogP contribution is 2.06. The monoisotopic (exact) mass is 189 g/mol. The molecular formula is C7H8ClNO3. The first-order valence-electron chi connectivity index (χ1n) is 2.97. The van der Waals surface area contributed by atoms with Crippen molar-refractivity contribution >= 4 is 18.4 Å². The van der Waals surface area contributed by atoms with E-state index in [0.717, 1.165) is 0 Å². The molecule has 0 atom stereocenters. The van der Waals surface area contributed by atoms with Crippen molar-refractivity contribution in [2.45, 2.75) is 0 Å². The van der Waals surface area contributed by atoms with Crippen molar-refractivity contribution in [3.63, 3.8) is 0 Å². The molecular weight excluding hydrogens is 182 g/mol. The van der Waals surface area contributed by atoms with E-state index >= 15 is 0 Å². The van der Waals surface area contributed by atoms with Gasteiger partial charge in [-0.15, -0.1) is 12.4 Å². The standard InChI is InChI=1S/C7H7NO3.ClH/c1-11-7(10)6-3-2-5(9)4-8-6;/h2-4,9H,1H3;1H. The van der Waals surface area contributed by atoms with Crippen LogP contribution < -0.4 is 0 Å². The first kappa shape index (κ1) is 10.7. The molecule has 0 saturated heterocycles. The quantitative estimate of drug-likeness (QED) is 0.670. The van der Waals surface area contributed by atoms with Crippen molar-refractivity contribution in [1.82, 2.24) is 4.98 Å². The van der Waals surface area contributed by atoms with Crippen LogP contribution in [0.4, 0.5) is 0 Å². The van der Waals surface area contributed by atoms with E-state index in [4.69, 9.17) is 5.11 Å². The second-order valence-corrected chi connectivity index (χ2v) is 1.89. The SMILES string of the molecule is COC(=O)c1ccc(O)cn1.Cl. The van der Waals surface area contributed by atoms with E-state index in [1.54, 1.807) is 0 Å². The van der Waals surface area contributed by atoms with E-state index in [9.17, 15) is 4.79 Å². The summed E-state index contributed by atoms with van der Waals surface area (Å²) in [4.78, 5) is 14.4. The molecule has 12 heavy (non-hydrogen) atoms. The van der Waals surface area contributed by atoms with Gasteiger partial charge >= 0.3 is 5.97 Å². The fourth-order valence-electron chi connectivity index (χ4n) is 0.611. The zero-order valence-electron chi connectivity index (χ0n) is 6.35. The number of rotatable bonds is 1. The highest BCUT2D eigenvalue weighted by molar-refractivity contribution is 5.87. The molecule has 4 nitrogen and oxygen atoms in total. The van der Waals surface area contributed by atoms with Gasteiger partial charge in [0, 0.05) is 0 Å². The molecule has 0 unspecified atom stereocenters. The van der Waals surface area contributed by atoms with Gasteiger partial charge in [-0.1, -0.05) is 0 Å². The van der Waals surface area contributed by atoms with E-state index in [-0.39, 0.29) is 23.9 Å². The lowest BCUT2D eigenvalue weighted by Gasteiger charge is -1.96. The maximum Gasteiger partial charge on any atom is 0.356 e. The van der Waals surface area contributed by atoms with Gasteiger partial charge in [-0.2, -0.15) is 0 Å². The zero-order valence-corrected chi connectivity index (χ0v) is 7.17. The Morgan fingerprint density at radius 1 is 1.58 bits per heavy atom. The maximum atomic E-state index is 10.8. The smallest absolute Gasteiger partial charge is 0.356 e. The average Bonchev–Trinajstić information content (AvgIpc) is 2.05. The first-order valence-corrected chi connectivity index (χ1v) is 2.97. The molecule has 1 N–H and O–H groups in total. The first-order chi connectivity index (χ1) is 5.24. The van der Waals surface area contributed by atoms with Gasteiger partial charge in [-0.25, -0.2) is 9.78 Å². The summed E-state index contributed by atoms with van der Waals surface area (Å²) in [6.07, 6.45) is 1.19.